The molecule has 1 aliphatic heterocycles. The summed E-state index contributed by atoms with van der Waals surface area (Å²) in [6.07, 6.45) is 43.5. The van der Waals surface area contributed by atoms with Gasteiger partial charge in [0.1, 0.15) is 6.10 Å². The number of carbonyl (C=O) groups is 2. The minimum atomic E-state index is -0.493. The lowest BCUT2D eigenvalue weighted by Crippen LogP contribution is -2.31. The van der Waals surface area contributed by atoms with Crippen LogP contribution in [0.1, 0.15) is 265 Å². The third kappa shape index (κ3) is 33.5. The summed E-state index contributed by atoms with van der Waals surface area (Å²) in [4.78, 5) is 27.5. The molecule has 0 aromatic rings. The molecule has 7 nitrogen and oxygen atoms in total. The average Bonchev–Trinajstić information content (AvgIpc) is 3.61. The molecule has 1 aliphatic rings. The van der Waals surface area contributed by atoms with Gasteiger partial charge >= 0.3 is 11.9 Å². The fourth-order valence-corrected chi connectivity index (χ4v) is 8.46. The Hall–Kier alpha value is -1.18. The molecule has 0 aromatic carbocycles. The molecule has 0 bridgehead atoms. The number of hydrogen-bond donors (Lipinski definition) is 0. The number of carbonyl (C=O) groups excluding carboxylic acids is 2. The topological polar surface area (TPSA) is 74.3 Å². The highest BCUT2D eigenvalue weighted by Gasteiger charge is 2.40. The minimum absolute atomic E-state index is 0.0114. The van der Waals surface area contributed by atoms with Gasteiger partial charge in [0.25, 0.3) is 0 Å². The molecule has 0 aromatic heterocycles. The third-order valence-electron chi connectivity index (χ3n) is 12.2. The molecule has 0 N–H and O–H groups in total. The van der Waals surface area contributed by atoms with Crippen LogP contribution in [-0.4, -0.2) is 68.7 Å². The zero-order valence-corrected chi connectivity index (χ0v) is 39.5. The summed E-state index contributed by atoms with van der Waals surface area (Å²) in [5.41, 5.74) is 0. The first-order valence-electron chi connectivity index (χ1n) is 25.7. The molecule has 1 rings (SSSR count). The second-order valence-electron chi connectivity index (χ2n) is 18.4. The highest BCUT2D eigenvalue weighted by molar-refractivity contribution is 5.69. The van der Waals surface area contributed by atoms with Crippen LogP contribution in [0.2, 0.25) is 0 Å². The predicted octanol–water partition coefficient (Wildman–Crippen LogP) is 15.0. The Morgan fingerprint density at radius 2 is 1.00 bits per heavy atom. The van der Waals surface area contributed by atoms with Crippen LogP contribution >= 0.6 is 0 Å². The predicted molar refractivity (Wildman–Crippen MR) is 245 cm³/mol. The molecule has 0 saturated carbocycles. The molecular formula is C51H99NO6. The molecule has 2 atom stereocenters. The molecule has 1 heterocycles. The fraction of sp³-hybridized carbons (Fsp3) is 0.961. The molecule has 1 saturated heterocycles. The Kier molecular flexibility index (Phi) is 37.7. The van der Waals surface area contributed by atoms with Crippen molar-refractivity contribution >= 4 is 11.9 Å². The van der Waals surface area contributed by atoms with Crippen molar-refractivity contribution < 1.29 is 28.5 Å². The minimum Gasteiger partial charge on any atom is -0.466 e. The summed E-state index contributed by atoms with van der Waals surface area (Å²) in [6, 6.07) is 0. The summed E-state index contributed by atoms with van der Waals surface area (Å²) in [5.74, 6) is -0.528. The molecule has 1 fully saturated rings. The second-order valence-corrected chi connectivity index (χ2v) is 18.4. The van der Waals surface area contributed by atoms with Crippen LogP contribution in [-0.2, 0) is 28.5 Å². The van der Waals surface area contributed by atoms with E-state index >= 15 is 0 Å². The Labute approximate surface area is 361 Å². The molecule has 0 spiro atoms. The first-order valence-corrected chi connectivity index (χ1v) is 25.7. The van der Waals surface area contributed by atoms with E-state index < -0.39 is 5.79 Å². The van der Waals surface area contributed by atoms with Gasteiger partial charge in [-0.2, -0.15) is 0 Å². The Morgan fingerprint density at radius 1 is 0.552 bits per heavy atom. The van der Waals surface area contributed by atoms with Gasteiger partial charge in [-0.3, -0.25) is 9.59 Å². The monoisotopic (exact) mass is 822 g/mol. The number of esters is 2. The first kappa shape index (κ1) is 54.8. The van der Waals surface area contributed by atoms with Crippen molar-refractivity contribution in [2.45, 2.75) is 283 Å². The van der Waals surface area contributed by atoms with Gasteiger partial charge in [-0.15, -0.1) is 0 Å². The standard InChI is InChI=1S/C51H99NO6/c1-6-9-12-15-18-19-20-26-36-45-55-49(53)40-31-27-34-43-51(56-46-48(58-51)39-32-35-44-52(4)5)42-33-25-21-24-30-41-50(54)57-47(37-28-22-16-13-10-7-2)38-29-23-17-14-11-8-3/h47-48H,6-46H2,1-5H3. The highest BCUT2D eigenvalue weighted by atomic mass is 16.7. The highest BCUT2D eigenvalue weighted by Crippen LogP contribution is 2.36. The molecule has 7 heteroatoms. The van der Waals surface area contributed by atoms with E-state index in [9.17, 15) is 9.59 Å². The zero-order valence-electron chi connectivity index (χ0n) is 39.5. The van der Waals surface area contributed by atoms with E-state index in [4.69, 9.17) is 18.9 Å². The van der Waals surface area contributed by atoms with Crippen molar-refractivity contribution in [2.75, 3.05) is 33.9 Å². The van der Waals surface area contributed by atoms with Crippen LogP contribution in [0.4, 0.5) is 0 Å². The summed E-state index contributed by atoms with van der Waals surface area (Å²) in [5, 5.41) is 0. The largest absolute Gasteiger partial charge is 0.466 e. The van der Waals surface area contributed by atoms with Gasteiger partial charge in [0.05, 0.1) is 19.3 Å². The average molecular weight is 822 g/mol. The van der Waals surface area contributed by atoms with Crippen LogP contribution in [0.15, 0.2) is 0 Å². The molecule has 344 valence electrons. The second kappa shape index (κ2) is 39.9. The van der Waals surface area contributed by atoms with Crippen molar-refractivity contribution in [3.63, 3.8) is 0 Å². The maximum atomic E-state index is 12.9. The van der Waals surface area contributed by atoms with E-state index in [0.29, 0.717) is 26.1 Å². The molecule has 0 radical (unpaired) electrons. The molecule has 0 aliphatic carbocycles. The van der Waals surface area contributed by atoms with Crippen molar-refractivity contribution in [3.05, 3.63) is 0 Å². The lowest BCUT2D eigenvalue weighted by Gasteiger charge is -2.28. The Bertz CT molecular complexity index is 897. The van der Waals surface area contributed by atoms with E-state index in [-0.39, 0.29) is 24.1 Å². The van der Waals surface area contributed by atoms with Gasteiger partial charge in [-0.25, -0.2) is 0 Å². The van der Waals surface area contributed by atoms with Crippen LogP contribution in [0.5, 0.6) is 0 Å². The lowest BCUT2D eigenvalue weighted by molar-refractivity contribution is -0.180. The van der Waals surface area contributed by atoms with Crippen LogP contribution in [0.25, 0.3) is 0 Å². The van der Waals surface area contributed by atoms with Gasteiger partial charge in [0, 0.05) is 25.7 Å². The lowest BCUT2D eigenvalue weighted by atomic mass is 9.99. The van der Waals surface area contributed by atoms with Crippen molar-refractivity contribution in [1.82, 2.24) is 4.90 Å². The summed E-state index contributed by atoms with van der Waals surface area (Å²) in [7, 11) is 4.27. The molecule has 58 heavy (non-hydrogen) atoms. The SMILES string of the molecule is CCCCCCCCCCCOC(=O)CCCCCC1(CCCCCCCC(=O)OC(CCCCCCCC)CCCCCCCC)OCC(CCCCN(C)C)O1. The summed E-state index contributed by atoms with van der Waals surface area (Å²) >= 11 is 0. The molecule has 0 amide bonds. The summed E-state index contributed by atoms with van der Waals surface area (Å²) < 4.78 is 24.8. The van der Waals surface area contributed by atoms with Crippen molar-refractivity contribution in [3.8, 4) is 0 Å². The summed E-state index contributed by atoms with van der Waals surface area (Å²) in [6.45, 7) is 9.16. The number of hydrogen-bond acceptors (Lipinski definition) is 7. The number of nitrogens with zero attached hydrogens (tertiary/aromatic N) is 1. The van der Waals surface area contributed by atoms with Gasteiger partial charge in [0.15, 0.2) is 5.79 Å². The number of unbranched alkanes of at least 4 members (excludes halogenated alkanes) is 25. The van der Waals surface area contributed by atoms with Gasteiger partial charge in [0.2, 0.25) is 0 Å². The van der Waals surface area contributed by atoms with Crippen LogP contribution in [0.3, 0.4) is 0 Å². The van der Waals surface area contributed by atoms with Crippen LogP contribution < -0.4 is 0 Å². The molecule has 2 unspecified atom stereocenters. The fourth-order valence-electron chi connectivity index (χ4n) is 8.46. The number of ether oxygens (including phenoxy) is 4. The smallest absolute Gasteiger partial charge is 0.306 e. The van der Waals surface area contributed by atoms with E-state index in [0.717, 1.165) is 109 Å². The van der Waals surface area contributed by atoms with Crippen molar-refractivity contribution in [1.29, 1.82) is 0 Å². The van der Waals surface area contributed by atoms with Crippen LogP contribution in [0, 0.1) is 0 Å². The van der Waals surface area contributed by atoms with Gasteiger partial charge in [-0.05, 0) is 97.7 Å². The van der Waals surface area contributed by atoms with E-state index in [2.05, 4.69) is 39.8 Å². The Morgan fingerprint density at radius 3 is 1.53 bits per heavy atom. The normalized spacial score (nSPS) is 16.8. The van der Waals surface area contributed by atoms with Gasteiger partial charge in [-0.1, -0.05) is 162 Å². The molecular weight excluding hydrogens is 723 g/mol. The van der Waals surface area contributed by atoms with Gasteiger partial charge < -0.3 is 23.8 Å². The quantitative estimate of drug-likeness (QED) is 0.0447. The number of rotatable bonds is 44. The van der Waals surface area contributed by atoms with E-state index in [1.807, 2.05) is 0 Å². The maximum absolute atomic E-state index is 12.9. The first-order chi connectivity index (χ1) is 28.3. The third-order valence-corrected chi connectivity index (χ3v) is 12.2. The zero-order chi connectivity index (χ0) is 42.2. The maximum Gasteiger partial charge on any atom is 0.306 e. The van der Waals surface area contributed by atoms with E-state index in [1.165, 1.54) is 128 Å². The van der Waals surface area contributed by atoms with Crippen molar-refractivity contribution in [2.24, 2.45) is 0 Å². The van der Waals surface area contributed by atoms with E-state index in [1.54, 1.807) is 0 Å². The Balaban J connectivity index is 2.38.